The number of hydrogen-bond donors (Lipinski definition) is 1. The summed E-state index contributed by atoms with van der Waals surface area (Å²) in [5.41, 5.74) is 7.82. The summed E-state index contributed by atoms with van der Waals surface area (Å²) in [6.45, 7) is 5.05. The van der Waals surface area contributed by atoms with Gasteiger partial charge in [0.1, 0.15) is 5.69 Å². The molecule has 0 aliphatic carbocycles. The lowest BCUT2D eigenvalue weighted by atomic mass is 9.91. The molecule has 7 nitrogen and oxygen atoms in total. The van der Waals surface area contributed by atoms with E-state index in [9.17, 15) is 9.59 Å². The molecular weight excluding hydrogens is 296 g/mol. The number of primary amides is 1. The van der Waals surface area contributed by atoms with E-state index < -0.39 is 0 Å². The van der Waals surface area contributed by atoms with Crippen LogP contribution in [0.5, 0.6) is 0 Å². The van der Waals surface area contributed by atoms with Crippen molar-refractivity contribution in [1.29, 1.82) is 0 Å². The van der Waals surface area contributed by atoms with Crippen LogP contribution in [-0.4, -0.2) is 52.8 Å². The number of nitrogens with zero attached hydrogens (tertiary/aromatic N) is 3. The normalized spacial score (nSPS) is 21.5. The number of aryl methyl sites for hydroxylation is 2. The molecule has 7 heteroatoms. The predicted octanol–water partition coefficient (Wildman–Crippen LogP) is 0.643. The second-order valence-electron chi connectivity index (χ2n) is 6.14. The number of rotatable bonds is 5. The van der Waals surface area contributed by atoms with Crippen molar-refractivity contribution < 1.29 is 14.3 Å². The van der Waals surface area contributed by atoms with Crippen LogP contribution in [-0.2, 0) is 23.0 Å². The first kappa shape index (κ1) is 17.5. The maximum Gasteiger partial charge on any atom is 0.272 e. The van der Waals surface area contributed by atoms with E-state index in [2.05, 4.69) is 5.10 Å². The molecule has 0 aromatic carbocycles. The Labute approximate surface area is 136 Å². The van der Waals surface area contributed by atoms with Crippen LogP contribution in [0.1, 0.15) is 41.5 Å². The molecule has 1 aliphatic rings. The molecule has 2 heterocycles. The summed E-state index contributed by atoms with van der Waals surface area (Å²) in [6, 6.07) is 0. The van der Waals surface area contributed by atoms with Gasteiger partial charge in [-0.25, -0.2) is 0 Å². The Balaban J connectivity index is 2.20. The van der Waals surface area contributed by atoms with Crippen molar-refractivity contribution in [2.45, 2.75) is 39.2 Å². The number of ether oxygens (including phenoxy) is 1. The van der Waals surface area contributed by atoms with Crippen LogP contribution in [0.25, 0.3) is 0 Å². The first-order chi connectivity index (χ1) is 10.9. The summed E-state index contributed by atoms with van der Waals surface area (Å²) in [7, 11) is 3.43. The highest BCUT2D eigenvalue weighted by Gasteiger charge is 2.34. The zero-order valence-electron chi connectivity index (χ0n) is 14.3. The minimum Gasteiger partial charge on any atom is -0.381 e. The maximum absolute atomic E-state index is 12.9. The summed E-state index contributed by atoms with van der Waals surface area (Å²) >= 11 is 0. The highest BCUT2D eigenvalue weighted by atomic mass is 16.5. The van der Waals surface area contributed by atoms with Gasteiger partial charge in [-0.15, -0.1) is 0 Å². The Hall–Kier alpha value is -1.89. The van der Waals surface area contributed by atoms with Crippen molar-refractivity contribution in [2.75, 3.05) is 20.2 Å². The van der Waals surface area contributed by atoms with Crippen LogP contribution in [0.3, 0.4) is 0 Å². The number of carbonyl (C=O) groups excluding carboxylic acids is 2. The first-order valence-corrected chi connectivity index (χ1v) is 8.01. The predicted molar refractivity (Wildman–Crippen MR) is 85.9 cm³/mol. The summed E-state index contributed by atoms with van der Waals surface area (Å²) < 4.78 is 7.10. The van der Waals surface area contributed by atoms with Crippen molar-refractivity contribution in [2.24, 2.45) is 18.7 Å². The van der Waals surface area contributed by atoms with Crippen LogP contribution in [0.2, 0.25) is 0 Å². The number of methoxy groups -OCH3 is 1. The number of aromatic nitrogens is 2. The van der Waals surface area contributed by atoms with Crippen LogP contribution >= 0.6 is 0 Å². The molecule has 23 heavy (non-hydrogen) atoms. The van der Waals surface area contributed by atoms with Crippen molar-refractivity contribution >= 4 is 11.8 Å². The molecule has 0 unspecified atom stereocenters. The Kier molecular flexibility index (Phi) is 5.41. The average Bonchev–Trinajstić information content (AvgIpc) is 2.80. The minimum atomic E-state index is -0.365. The van der Waals surface area contributed by atoms with Crippen LogP contribution in [0.15, 0.2) is 0 Å². The Morgan fingerprint density at radius 1 is 1.43 bits per heavy atom. The molecule has 1 fully saturated rings. The van der Waals surface area contributed by atoms with Gasteiger partial charge in [-0.3, -0.25) is 14.3 Å². The zero-order chi connectivity index (χ0) is 17.1. The Bertz CT molecular complexity index is 596. The fourth-order valence-corrected chi connectivity index (χ4v) is 3.43. The van der Waals surface area contributed by atoms with Crippen LogP contribution in [0.4, 0.5) is 0 Å². The molecule has 2 rings (SSSR count). The second-order valence-corrected chi connectivity index (χ2v) is 6.14. The van der Waals surface area contributed by atoms with Crippen LogP contribution < -0.4 is 5.73 Å². The van der Waals surface area contributed by atoms with Gasteiger partial charge in [0.2, 0.25) is 5.91 Å². The quantitative estimate of drug-likeness (QED) is 0.861. The largest absolute Gasteiger partial charge is 0.381 e. The number of carbonyl (C=O) groups is 2. The van der Waals surface area contributed by atoms with Gasteiger partial charge < -0.3 is 15.4 Å². The second kappa shape index (κ2) is 7.12. The number of hydrogen-bond acceptors (Lipinski definition) is 4. The summed E-state index contributed by atoms with van der Waals surface area (Å²) in [5, 5.41) is 4.41. The zero-order valence-corrected chi connectivity index (χ0v) is 14.3. The molecular formula is C16H26N4O3. The van der Waals surface area contributed by atoms with E-state index in [-0.39, 0.29) is 30.3 Å². The molecule has 0 bridgehead atoms. The van der Waals surface area contributed by atoms with Gasteiger partial charge in [-0.2, -0.15) is 5.10 Å². The third-order valence-corrected chi connectivity index (χ3v) is 4.64. The molecule has 0 radical (unpaired) electrons. The third-order valence-electron chi connectivity index (χ3n) is 4.64. The molecule has 1 aliphatic heterocycles. The summed E-state index contributed by atoms with van der Waals surface area (Å²) in [4.78, 5) is 26.0. The first-order valence-electron chi connectivity index (χ1n) is 8.01. The highest BCUT2D eigenvalue weighted by molar-refractivity contribution is 5.94. The van der Waals surface area contributed by atoms with Gasteiger partial charge >= 0.3 is 0 Å². The SMILES string of the molecule is CCc1nn(C)c(C(=O)N2CC[C@@H](OC)[C@H](CC(N)=O)C2)c1C. The van der Waals surface area contributed by atoms with Crippen molar-refractivity contribution in [3.05, 3.63) is 17.0 Å². The summed E-state index contributed by atoms with van der Waals surface area (Å²) in [6.07, 6.45) is 1.69. The van der Waals surface area contributed by atoms with Gasteiger partial charge in [0.15, 0.2) is 0 Å². The monoisotopic (exact) mass is 322 g/mol. The molecule has 0 spiro atoms. The lowest BCUT2D eigenvalue weighted by Crippen LogP contribution is -2.48. The van der Waals surface area contributed by atoms with Crippen molar-refractivity contribution in [3.63, 3.8) is 0 Å². The third kappa shape index (κ3) is 3.55. The lowest BCUT2D eigenvalue weighted by molar-refractivity contribution is -0.121. The average molecular weight is 322 g/mol. The highest BCUT2D eigenvalue weighted by Crippen LogP contribution is 2.25. The fraction of sp³-hybridized carbons (Fsp3) is 0.688. The topological polar surface area (TPSA) is 90.4 Å². The molecule has 1 aromatic heterocycles. The Morgan fingerprint density at radius 2 is 2.13 bits per heavy atom. The van der Waals surface area contributed by atoms with Gasteiger partial charge in [0, 0.05) is 45.1 Å². The molecule has 2 amide bonds. The minimum absolute atomic E-state index is 0.0367. The van der Waals surface area contributed by atoms with Crippen molar-refractivity contribution in [1.82, 2.24) is 14.7 Å². The van der Waals surface area contributed by atoms with E-state index >= 15 is 0 Å². The number of amides is 2. The number of nitrogens with two attached hydrogens (primary N) is 1. The van der Waals surface area contributed by atoms with E-state index in [1.165, 1.54) is 0 Å². The molecule has 1 saturated heterocycles. The number of piperidine rings is 1. The van der Waals surface area contributed by atoms with Gasteiger partial charge in [-0.1, -0.05) is 6.92 Å². The van der Waals surface area contributed by atoms with Gasteiger partial charge in [0.05, 0.1) is 11.8 Å². The fourth-order valence-electron chi connectivity index (χ4n) is 3.43. The lowest BCUT2D eigenvalue weighted by Gasteiger charge is -2.37. The van der Waals surface area contributed by atoms with E-state index in [0.29, 0.717) is 25.2 Å². The van der Waals surface area contributed by atoms with E-state index in [1.807, 2.05) is 13.8 Å². The number of likely N-dealkylation sites (tertiary alicyclic amines) is 1. The molecule has 2 N–H and O–H groups in total. The van der Waals surface area contributed by atoms with Gasteiger partial charge in [-0.05, 0) is 19.8 Å². The smallest absolute Gasteiger partial charge is 0.272 e. The van der Waals surface area contributed by atoms with Crippen molar-refractivity contribution in [3.8, 4) is 0 Å². The van der Waals surface area contributed by atoms with Crippen LogP contribution in [0, 0.1) is 12.8 Å². The van der Waals surface area contributed by atoms with Gasteiger partial charge in [0.25, 0.3) is 5.91 Å². The standard InChI is InChI=1S/C16H26N4O3/c1-5-12-10(2)15(19(3)18-12)16(22)20-7-6-13(23-4)11(9-20)8-14(17)21/h11,13H,5-9H2,1-4H3,(H2,17,21)/t11-,13-/m1/s1. The molecule has 0 saturated carbocycles. The van der Waals surface area contributed by atoms with E-state index in [0.717, 1.165) is 17.7 Å². The summed E-state index contributed by atoms with van der Waals surface area (Å²) in [5.74, 6) is -0.466. The maximum atomic E-state index is 12.9. The molecule has 128 valence electrons. The molecule has 1 aromatic rings. The van der Waals surface area contributed by atoms with E-state index in [1.54, 1.807) is 23.7 Å². The van der Waals surface area contributed by atoms with E-state index in [4.69, 9.17) is 10.5 Å². The Morgan fingerprint density at radius 3 is 2.65 bits per heavy atom. The molecule has 2 atom stereocenters.